The molecule has 1 atom stereocenters. The Morgan fingerprint density at radius 1 is 1.12 bits per heavy atom. The number of hydrogen-bond acceptors (Lipinski definition) is 1. The Labute approximate surface area is 111 Å². The molecular weight excluding hydrogens is 332 g/mol. The third kappa shape index (κ3) is 2.20. The number of aldehydes is 1. The van der Waals surface area contributed by atoms with Gasteiger partial charge in [0.15, 0.2) is 0 Å². The molecule has 0 fully saturated rings. The highest BCUT2D eigenvalue weighted by Crippen LogP contribution is 2.31. The van der Waals surface area contributed by atoms with Crippen molar-refractivity contribution >= 4 is 48.9 Å². The van der Waals surface area contributed by atoms with Gasteiger partial charge in [-0.15, -0.1) is 0 Å². The van der Waals surface area contributed by atoms with Gasteiger partial charge >= 0.3 is 0 Å². The van der Waals surface area contributed by atoms with E-state index in [0.29, 0.717) is 0 Å². The lowest BCUT2D eigenvalue weighted by atomic mass is 9.99. The van der Waals surface area contributed by atoms with Crippen molar-refractivity contribution in [3.63, 3.8) is 0 Å². The van der Waals surface area contributed by atoms with Crippen LogP contribution in [0.3, 0.4) is 0 Å². The Kier molecular flexibility index (Phi) is 3.17. The van der Waals surface area contributed by atoms with Gasteiger partial charge in [-0.1, -0.05) is 50.1 Å². The van der Waals surface area contributed by atoms with Crippen LogP contribution in [-0.4, -0.2) is 6.29 Å². The Morgan fingerprint density at radius 2 is 1.75 bits per heavy atom. The second-order valence-electron chi connectivity index (χ2n) is 3.90. The molecule has 82 valence electrons. The van der Waals surface area contributed by atoms with Crippen molar-refractivity contribution in [2.45, 2.75) is 11.2 Å². The van der Waals surface area contributed by atoms with Crippen molar-refractivity contribution in [2.24, 2.45) is 0 Å². The number of carbonyl (C=O) groups excluding carboxylic acids is 1. The molecule has 0 aliphatic carbocycles. The highest BCUT2D eigenvalue weighted by Gasteiger charge is 2.21. The minimum atomic E-state index is -0.603. The average molecular weight is 342 g/mol. The van der Waals surface area contributed by atoms with Gasteiger partial charge in [-0.05, 0) is 41.5 Å². The predicted molar refractivity (Wildman–Crippen MR) is 74.0 cm³/mol. The molecule has 0 N–H and O–H groups in total. The SMILES string of the molecule is CC(Br)(C=O)c1ccc2cc(Br)ccc2c1. The molecule has 0 heterocycles. The Bertz CT molecular complexity index is 547. The molecule has 0 aromatic heterocycles. The van der Waals surface area contributed by atoms with Crippen LogP contribution in [-0.2, 0) is 9.12 Å². The molecule has 0 bridgehead atoms. The van der Waals surface area contributed by atoms with E-state index >= 15 is 0 Å². The molecule has 0 amide bonds. The van der Waals surface area contributed by atoms with E-state index in [2.05, 4.69) is 37.9 Å². The third-order valence-electron chi connectivity index (χ3n) is 2.59. The summed E-state index contributed by atoms with van der Waals surface area (Å²) in [6.07, 6.45) is 0.910. The molecule has 2 aromatic carbocycles. The zero-order valence-electron chi connectivity index (χ0n) is 8.71. The number of halogens is 2. The molecule has 1 unspecified atom stereocenters. The Hall–Kier alpha value is -0.670. The summed E-state index contributed by atoms with van der Waals surface area (Å²) in [4.78, 5) is 11.0. The van der Waals surface area contributed by atoms with Crippen LogP contribution in [0.2, 0.25) is 0 Å². The van der Waals surface area contributed by atoms with E-state index in [0.717, 1.165) is 27.1 Å². The van der Waals surface area contributed by atoms with Gasteiger partial charge in [0.2, 0.25) is 0 Å². The van der Waals surface area contributed by atoms with Crippen molar-refractivity contribution in [2.75, 3.05) is 0 Å². The molecule has 2 rings (SSSR count). The predicted octanol–water partition coefficient (Wildman–Crippen LogP) is 4.41. The topological polar surface area (TPSA) is 17.1 Å². The van der Waals surface area contributed by atoms with Gasteiger partial charge in [-0.2, -0.15) is 0 Å². The summed E-state index contributed by atoms with van der Waals surface area (Å²) < 4.78 is 0.457. The standard InChI is InChI=1S/C13H10Br2O/c1-13(15,8-16)11-4-2-10-7-12(14)5-3-9(10)6-11/h2-8H,1H3. The number of benzene rings is 2. The van der Waals surface area contributed by atoms with Crippen LogP contribution in [0.25, 0.3) is 10.8 Å². The molecule has 16 heavy (non-hydrogen) atoms. The van der Waals surface area contributed by atoms with Crippen molar-refractivity contribution in [1.29, 1.82) is 0 Å². The zero-order valence-corrected chi connectivity index (χ0v) is 11.9. The minimum absolute atomic E-state index is 0.603. The summed E-state index contributed by atoms with van der Waals surface area (Å²) in [5, 5.41) is 2.29. The number of rotatable bonds is 2. The smallest absolute Gasteiger partial charge is 0.140 e. The van der Waals surface area contributed by atoms with E-state index in [-0.39, 0.29) is 0 Å². The normalized spacial score (nSPS) is 14.7. The summed E-state index contributed by atoms with van der Waals surface area (Å²) in [6.45, 7) is 1.85. The largest absolute Gasteiger partial charge is 0.301 e. The summed E-state index contributed by atoms with van der Waals surface area (Å²) >= 11 is 6.85. The first-order chi connectivity index (χ1) is 7.53. The van der Waals surface area contributed by atoms with E-state index in [9.17, 15) is 4.79 Å². The Balaban J connectivity index is 2.61. The molecule has 0 saturated carbocycles. The van der Waals surface area contributed by atoms with Gasteiger partial charge in [0.05, 0.1) is 0 Å². The van der Waals surface area contributed by atoms with Crippen molar-refractivity contribution in [1.82, 2.24) is 0 Å². The van der Waals surface area contributed by atoms with Crippen LogP contribution >= 0.6 is 31.9 Å². The molecule has 0 aliphatic heterocycles. The van der Waals surface area contributed by atoms with Gasteiger partial charge in [-0.3, -0.25) is 0 Å². The summed E-state index contributed by atoms with van der Waals surface area (Å²) in [5.74, 6) is 0. The zero-order chi connectivity index (χ0) is 11.8. The first kappa shape index (κ1) is 11.8. The lowest BCUT2D eigenvalue weighted by Crippen LogP contribution is -2.14. The fraction of sp³-hybridized carbons (Fsp3) is 0.154. The van der Waals surface area contributed by atoms with Gasteiger partial charge in [0.25, 0.3) is 0 Å². The average Bonchev–Trinajstić information content (AvgIpc) is 2.28. The van der Waals surface area contributed by atoms with E-state index < -0.39 is 4.32 Å². The maximum Gasteiger partial charge on any atom is 0.140 e. The third-order valence-corrected chi connectivity index (χ3v) is 3.73. The number of carbonyl (C=O) groups is 1. The summed E-state index contributed by atoms with van der Waals surface area (Å²) in [5.41, 5.74) is 0.970. The van der Waals surface area contributed by atoms with Crippen LogP contribution < -0.4 is 0 Å². The van der Waals surface area contributed by atoms with Crippen LogP contribution in [0.15, 0.2) is 40.9 Å². The second-order valence-corrected chi connectivity index (χ2v) is 6.46. The highest BCUT2D eigenvalue weighted by atomic mass is 79.9. The van der Waals surface area contributed by atoms with Gasteiger partial charge in [0, 0.05) is 4.47 Å². The maximum absolute atomic E-state index is 11.0. The van der Waals surface area contributed by atoms with E-state index in [1.54, 1.807) is 0 Å². The van der Waals surface area contributed by atoms with E-state index in [1.165, 1.54) is 0 Å². The molecule has 0 radical (unpaired) electrons. The van der Waals surface area contributed by atoms with Crippen molar-refractivity contribution in [3.8, 4) is 0 Å². The molecule has 0 spiro atoms. The van der Waals surface area contributed by atoms with Crippen LogP contribution in [0.5, 0.6) is 0 Å². The van der Waals surface area contributed by atoms with Gasteiger partial charge in [-0.25, -0.2) is 0 Å². The first-order valence-electron chi connectivity index (χ1n) is 4.88. The fourth-order valence-electron chi connectivity index (χ4n) is 1.59. The van der Waals surface area contributed by atoms with Crippen LogP contribution in [0.4, 0.5) is 0 Å². The number of hydrogen-bond donors (Lipinski definition) is 0. The number of fused-ring (bicyclic) bond motifs is 1. The molecule has 2 aromatic rings. The maximum atomic E-state index is 11.0. The highest BCUT2D eigenvalue weighted by molar-refractivity contribution is 9.10. The molecule has 0 aliphatic rings. The van der Waals surface area contributed by atoms with Crippen LogP contribution in [0.1, 0.15) is 12.5 Å². The first-order valence-corrected chi connectivity index (χ1v) is 6.46. The van der Waals surface area contributed by atoms with Gasteiger partial charge in [0.1, 0.15) is 10.6 Å². The lowest BCUT2D eigenvalue weighted by Gasteiger charge is -2.15. The second kappa shape index (κ2) is 4.30. The molecule has 0 saturated heterocycles. The van der Waals surface area contributed by atoms with Crippen molar-refractivity contribution < 1.29 is 4.79 Å². The monoisotopic (exact) mass is 340 g/mol. The van der Waals surface area contributed by atoms with Gasteiger partial charge < -0.3 is 4.79 Å². The van der Waals surface area contributed by atoms with E-state index in [4.69, 9.17) is 0 Å². The quantitative estimate of drug-likeness (QED) is 0.584. The summed E-state index contributed by atoms with van der Waals surface area (Å²) in [6, 6.07) is 12.1. The molecule has 1 nitrogen and oxygen atoms in total. The van der Waals surface area contributed by atoms with Crippen LogP contribution in [0, 0.1) is 0 Å². The summed E-state index contributed by atoms with van der Waals surface area (Å²) in [7, 11) is 0. The van der Waals surface area contributed by atoms with Crippen molar-refractivity contribution in [3.05, 3.63) is 46.4 Å². The fourth-order valence-corrected chi connectivity index (χ4v) is 2.21. The minimum Gasteiger partial charge on any atom is -0.301 e. The molecule has 3 heteroatoms. The Morgan fingerprint density at radius 3 is 2.44 bits per heavy atom. The molecular formula is C13H10Br2O. The van der Waals surface area contributed by atoms with E-state index in [1.807, 2.05) is 37.3 Å². The number of alkyl halides is 1. The lowest BCUT2D eigenvalue weighted by molar-refractivity contribution is -0.109.